The van der Waals surface area contributed by atoms with E-state index in [4.69, 9.17) is 14.2 Å². The van der Waals surface area contributed by atoms with Gasteiger partial charge < -0.3 is 29.5 Å². The first-order valence-corrected chi connectivity index (χ1v) is 13.2. The van der Waals surface area contributed by atoms with Crippen LogP contribution in [0.15, 0.2) is 43.0 Å². The number of aliphatic carboxylic acids is 1. The van der Waals surface area contributed by atoms with Gasteiger partial charge in [0.1, 0.15) is 18.5 Å². The van der Waals surface area contributed by atoms with Crippen LogP contribution in [-0.4, -0.2) is 85.4 Å². The van der Waals surface area contributed by atoms with E-state index >= 15 is 0 Å². The number of rotatable bonds is 7. The third-order valence-corrected chi connectivity index (χ3v) is 7.33. The van der Waals surface area contributed by atoms with E-state index in [1.165, 1.54) is 12.7 Å². The molecule has 6 rings (SSSR count). The first kappa shape index (κ1) is 26.1. The van der Waals surface area contributed by atoms with Gasteiger partial charge in [-0.25, -0.2) is 19.7 Å². The Labute approximate surface area is 228 Å². The Balaban J connectivity index is 1.30. The summed E-state index contributed by atoms with van der Waals surface area (Å²) in [7, 11) is 0. The molecule has 3 N–H and O–H groups in total. The number of aromatic nitrogens is 4. The zero-order valence-electron chi connectivity index (χ0n) is 21.7. The molecule has 0 aliphatic carbocycles. The summed E-state index contributed by atoms with van der Waals surface area (Å²) in [6, 6.07) is 8.99. The Hall–Kier alpha value is -4.14. The standard InChI is InChI=1S/C26H29N7O7/c1-2-27-26(37)31-21-17-22(29-12-28-21)33(13-30-17)24-20-18(39-25(40-20)15-6-4-3-5-7-15)19(38-24)23(36)32-9-8-14(11-32)10-16(34)35/h3-7,12-14,18-20,24-25H,2,8-11H2,1H3,(H,34,35)(H2,27,28,29,31,37)/t14-,18?,19?,20?,24?,25-/m0/s1. The molecule has 3 aliphatic rings. The van der Waals surface area contributed by atoms with Crippen LogP contribution >= 0.6 is 0 Å². The number of anilines is 1. The number of hydrogen-bond acceptors (Lipinski definition) is 9. The number of nitrogens with one attached hydrogen (secondary N) is 2. The van der Waals surface area contributed by atoms with Gasteiger partial charge in [0.2, 0.25) is 0 Å². The van der Waals surface area contributed by atoms with Crippen LogP contribution in [0.2, 0.25) is 0 Å². The topological polar surface area (TPSA) is 170 Å². The quantitative estimate of drug-likeness (QED) is 0.392. The monoisotopic (exact) mass is 551 g/mol. The molecule has 3 aromatic rings. The molecule has 3 aliphatic heterocycles. The summed E-state index contributed by atoms with van der Waals surface area (Å²) >= 11 is 0. The summed E-state index contributed by atoms with van der Waals surface area (Å²) in [5.74, 6) is -1.05. The van der Waals surface area contributed by atoms with Gasteiger partial charge in [-0.3, -0.25) is 19.5 Å². The summed E-state index contributed by atoms with van der Waals surface area (Å²) in [5, 5.41) is 14.5. The minimum atomic E-state index is -0.987. The van der Waals surface area contributed by atoms with Crippen molar-refractivity contribution in [1.29, 1.82) is 0 Å². The van der Waals surface area contributed by atoms with Crippen molar-refractivity contribution in [3.63, 3.8) is 0 Å². The molecule has 14 nitrogen and oxygen atoms in total. The number of carboxylic acid groups (broad SMARTS) is 1. The maximum Gasteiger partial charge on any atom is 0.320 e. The summed E-state index contributed by atoms with van der Waals surface area (Å²) in [5.41, 5.74) is 1.53. The molecule has 0 bridgehead atoms. The van der Waals surface area contributed by atoms with Gasteiger partial charge in [-0.15, -0.1) is 0 Å². The Morgan fingerprint density at radius 1 is 1.07 bits per heavy atom. The van der Waals surface area contributed by atoms with Gasteiger partial charge in [0.05, 0.1) is 6.33 Å². The molecule has 3 fully saturated rings. The van der Waals surface area contributed by atoms with Crippen LogP contribution < -0.4 is 10.6 Å². The van der Waals surface area contributed by atoms with Crippen molar-refractivity contribution in [3.05, 3.63) is 48.5 Å². The Kier molecular flexibility index (Phi) is 7.04. The first-order valence-electron chi connectivity index (χ1n) is 13.2. The van der Waals surface area contributed by atoms with E-state index in [9.17, 15) is 19.5 Å². The van der Waals surface area contributed by atoms with Crippen LogP contribution in [0.1, 0.15) is 37.8 Å². The van der Waals surface area contributed by atoms with Gasteiger partial charge in [0.15, 0.2) is 35.6 Å². The molecule has 210 valence electrons. The van der Waals surface area contributed by atoms with E-state index in [-0.39, 0.29) is 24.1 Å². The lowest BCUT2D eigenvalue weighted by Gasteiger charge is -2.24. The highest BCUT2D eigenvalue weighted by atomic mass is 16.8. The van der Waals surface area contributed by atoms with Crippen LogP contribution in [0, 0.1) is 5.92 Å². The number of carbonyl (C=O) groups is 3. The Morgan fingerprint density at radius 3 is 2.65 bits per heavy atom. The second-order valence-corrected chi connectivity index (χ2v) is 9.96. The fraction of sp³-hybridized carbons (Fsp3) is 0.462. The number of hydrogen-bond donors (Lipinski definition) is 3. The molecule has 0 radical (unpaired) electrons. The van der Waals surface area contributed by atoms with E-state index in [1.807, 2.05) is 30.3 Å². The lowest BCUT2D eigenvalue weighted by molar-refractivity contribution is -0.168. The van der Waals surface area contributed by atoms with Gasteiger partial charge in [-0.2, -0.15) is 0 Å². The smallest absolute Gasteiger partial charge is 0.320 e. The third-order valence-electron chi connectivity index (χ3n) is 7.33. The number of carbonyl (C=O) groups excluding carboxylic acids is 2. The zero-order valence-corrected chi connectivity index (χ0v) is 21.7. The molecule has 0 saturated carbocycles. The molecule has 1 aromatic carbocycles. The van der Waals surface area contributed by atoms with Crippen LogP contribution in [-0.2, 0) is 23.8 Å². The predicted octanol–water partition coefficient (Wildman–Crippen LogP) is 1.67. The van der Waals surface area contributed by atoms with Gasteiger partial charge >= 0.3 is 12.0 Å². The number of fused-ring (bicyclic) bond motifs is 2. The molecular weight excluding hydrogens is 522 g/mol. The van der Waals surface area contributed by atoms with Crippen molar-refractivity contribution in [1.82, 2.24) is 29.7 Å². The summed E-state index contributed by atoms with van der Waals surface area (Å²) in [6.45, 7) is 3.02. The van der Waals surface area contributed by atoms with Gasteiger partial charge in [0.25, 0.3) is 5.91 Å². The highest BCUT2D eigenvalue weighted by Gasteiger charge is 2.57. The molecular formula is C26H29N7O7. The van der Waals surface area contributed by atoms with Gasteiger partial charge in [0, 0.05) is 31.6 Å². The molecule has 6 atom stereocenters. The SMILES string of the molecule is CCNC(=O)Nc1ncnc2c1ncn2C1OC(C(=O)N2CC[C@@H](CC(=O)O)C2)C2O[C@H](c3ccccc3)OC21. The largest absolute Gasteiger partial charge is 0.481 e. The molecule has 40 heavy (non-hydrogen) atoms. The van der Waals surface area contributed by atoms with Gasteiger partial charge in [-0.1, -0.05) is 30.3 Å². The average Bonchev–Trinajstić information content (AvgIpc) is 3.72. The van der Waals surface area contributed by atoms with Crippen LogP contribution in [0.25, 0.3) is 11.2 Å². The number of benzene rings is 1. The number of carboxylic acids is 1. The number of urea groups is 1. The lowest BCUT2D eigenvalue weighted by atomic mass is 10.1. The lowest BCUT2D eigenvalue weighted by Crippen LogP contribution is -2.44. The maximum atomic E-state index is 13.7. The fourth-order valence-electron chi connectivity index (χ4n) is 5.51. The average molecular weight is 552 g/mol. The number of amides is 3. The third kappa shape index (κ3) is 4.85. The van der Waals surface area contributed by atoms with E-state index in [0.717, 1.165) is 5.56 Å². The van der Waals surface area contributed by atoms with E-state index in [0.29, 0.717) is 37.2 Å². The molecule has 3 saturated heterocycles. The van der Waals surface area contributed by atoms with Crippen LogP contribution in [0.3, 0.4) is 0 Å². The zero-order chi connectivity index (χ0) is 27.8. The Morgan fingerprint density at radius 2 is 1.88 bits per heavy atom. The van der Waals surface area contributed by atoms with Crippen LogP contribution in [0.4, 0.5) is 10.6 Å². The molecule has 4 unspecified atom stereocenters. The molecule has 0 spiro atoms. The summed E-state index contributed by atoms with van der Waals surface area (Å²) in [4.78, 5) is 51.6. The second kappa shape index (κ2) is 10.8. The minimum absolute atomic E-state index is 0.00700. The maximum absolute atomic E-state index is 13.7. The van der Waals surface area contributed by atoms with Crippen molar-refractivity contribution in [2.75, 3.05) is 25.0 Å². The Bertz CT molecular complexity index is 1420. The highest BCUT2D eigenvalue weighted by molar-refractivity contribution is 5.95. The second-order valence-electron chi connectivity index (χ2n) is 9.96. The van der Waals surface area contributed by atoms with Crippen molar-refractivity contribution < 1.29 is 33.7 Å². The van der Waals surface area contributed by atoms with Crippen molar-refractivity contribution in [2.45, 2.75) is 50.6 Å². The van der Waals surface area contributed by atoms with E-state index in [1.54, 1.807) is 16.4 Å². The number of imidazole rings is 1. The van der Waals surface area contributed by atoms with Crippen molar-refractivity contribution >= 4 is 34.9 Å². The molecule has 14 heteroatoms. The number of nitrogens with zero attached hydrogens (tertiary/aromatic N) is 5. The molecule has 2 aromatic heterocycles. The number of likely N-dealkylation sites (tertiary alicyclic amines) is 1. The predicted molar refractivity (Wildman–Crippen MR) is 138 cm³/mol. The van der Waals surface area contributed by atoms with Gasteiger partial charge in [-0.05, 0) is 19.3 Å². The fourth-order valence-corrected chi connectivity index (χ4v) is 5.51. The highest BCUT2D eigenvalue weighted by Crippen LogP contribution is 2.45. The molecule has 5 heterocycles. The first-order chi connectivity index (χ1) is 19.4. The number of ether oxygens (including phenoxy) is 3. The van der Waals surface area contributed by atoms with Crippen molar-refractivity contribution in [2.24, 2.45) is 5.92 Å². The van der Waals surface area contributed by atoms with E-state index < -0.39 is 42.8 Å². The minimum Gasteiger partial charge on any atom is -0.481 e. The van der Waals surface area contributed by atoms with Crippen molar-refractivity contribution in [3.8, 4) is 0 Å². The summed E-state index contributed by atoms with van der Waals surface area (Å²) < 4.78 is 20.6. The molecule has 3 amide bonds. The van der Waals surface area contributed by atoms with E-state index in [2.05, 4.69) is 25.6 Å². The normalized spacial score (nSPS) is 27.6. The van der Waals surface area contributed by atoms with Crippen LogP contribution in [0.5, 0.6) is 0 Å². The summed E-state index contributed by atoms with van der Waals surface area (Å²) in [6.07, 6.45) is -0.490.